The van der Waals surface area contributed by atoms with Crippen molar-refractivity contribution in [2.45, 2.75) is 77.3 Å². The van der Waals surface area contributed by atoms with Crippen LogP contribution < -0.4 is 21.5 Å². The number of imidazole rings is 1. The molecule has 114 valence electrons. The Balaban J connectivity index is 0.00000147. The lowest BCUT2D eigenvalue weighted by atomic mass is 9.89. The molecule has 1 heterocycles. The molecule has 0 saturated heterocycles. The maximum absolute atomic E-state index is 2.43. The lowest BCUT2D eigenvalue weighted by Gasteiger charge is -2.20. The van der Waals surface area contributed by atoms with Crippen molar-refractivity contribution in [2.75, 3.05) is 0 Å². The molecule has 0 radical (unpaired) electrons. The van der Waals surface area contributed by atoms with E-state index in [-0.39, 0.29) is 17.0 Å². The first-order valence-corrected chi connectivity index (χ1v) is 8.45. The smallest absolute Gasteiger partial charge is 0.243 e. The van der Waals surface area contributed by atoms with Crippen molar-refractivity contribution in [3.05, 3.63) is 18.7 Å². The second kappa shape index (κ2) is 8.21. The number of hydrogen-bond donors (Lipinski definition) is 0. The van der Waals surface area contributed by atoms with Crippen LogP contribution >= 0.6 is 0 Å². The molecule has 0 amide bonds. The molecule has 3 rings (SSSR count). The molecule has 1 aromatic rings. The Morgan fingerprint density at radius 3 is 2.10 bits per heavy atom. The van der Waals surface area contributed by atoms with E-state index in [1.54, 1.807) is 0 Å². The molecule has 2 fully saturated rings. The summed E-state index contributed by atoms with van der Waals surface area (Å²) in [5.74, 6) is 1.87. The van der Waals surface area contributed by atoms with Crippen LogP contribution in [0.3, 0.4) is 0 Å². The third-order valence-corrected chi connectivity index (χ3v) is 5.13. The Morgan fingerprint density at radius 1 is 0.850 bits per heavy atom. The number of halogens is 1. The normalized spacial score (nSPS) is 21.6. The van der Waals surface area contributed by atoms with Crippen molar-refractivity contribution in [1.82, 2.24) is 4.57 Å². The highest BCUT2D eigenvalue weighted by molar-refractivity contribution is 4.72. The van der Waals surface area contributed by atoms with Gasteiger partial charge in [0.25, 0.3) is 0 Å². The molecule has 0 N–H and O–H groups in total. The van der Waals surface area contributed by atoms with Gasteiger partial charge in [-0.2, -0.15) is 0 Å². The van der Waals surface area contributed by atoms with Crippen LogP contribution in [-0.4, -0.2) is 4.57 Å². The van der Waals surface area contributed by atoms with Gasteiger partial charge in [0.15, 0.2) is 0 Å². The molecule has 2 nitrogen and oxygen atoms in total. The molecule has 0 spiro atoms. The van der Waals surface area contributed by atoms with Gasteiger partial charge < -0.3 is 17.0 Å². The highest BCUT2D eigenvalue weighted by Crippen LogP contribution is 2.25. The van der Waals surface area contributed by atoms with Crippen LogP contribution in [-0.2, 0) is 13.1 Å². The van der Waals surface area contributed by atoms with E-state index in [1.165, 1.54) is 77.3 Å². The lowest BCUT2D eigenvalue weighted by molar-refractivity contribution is -0.703. The second-order valence-corrected chi connectivity index (χ2v) is 6.82. The Bertz CT molecular complexity index is 342. The van der Waals surface area contributed by atoms with Crippen LogP contribution in [0.2, 0.25) is 0 Å². The molecule has 0 aromatic carbocycles. The van der Waals surface area contributed by atoms with Crippen LogP contribution in [0.25, 0.3) is 0 Å². The predicted octanol–water partition coefficient (Wildman–Crippen LogP) is 0.940. The minimum atomic E-state index is 0. The van der Waals surface area contributed by atoms with Crippen molar-refractivity contribution in [3.63, 3.8) is 0 Å². The quantitative estimate of drug-likeness (QED) is 0.721. The summed E-state index contributed by atoms with van der Waals surface area (Å²) >= 11 is 0. The monoisotopic (exact) mass is 340 g/mol. The van der Waals surface area contributed by atoms with E-state index >= 15 is 0 Å². The number of nitrogens with zero attached hydrogens (tertiary/aromatic N) is 2. The average molecular weight is 341 g/mol. The van der Waals surface area contributed by atoms with Crippen molar-refractivity contribution in [1.29, 1.82) is 0 Å². The first kappa shape index (κ1) is 16.1. The zero-order chi connectivity index (χ0) is 12.9. The molecule has 2 saturated carbocycles. The molecule has 1 aromatic heterocycles. The van der Waals surface area contributed by atoms with E-state index in [4.69, 9.17) is 0 Å². The van der Waals surface area contributed by atoms with Crippen LogP contribution in [0.15, 0.2) is 18.7 Å². The first-order valence-electron chi connectivity index (χ1n) is 8.45. The Labute approximate surface area is 134 Å². The fraction of sp³-hybridized carbons (Fsp3) is 0.824. The third kappa shape index (κ3) is 4.61. The highest BCUT2D eigenvalue weighted by atomic mass is 79.9. The lowest BCUT2D eigenvalue weighted by Crippen LogP contribution is -3.00. The molecule has 20 heavy (non-hydrogen) atoms. The zero-order valence-corrected chi connectivity index (χ0v) is 14.2. The Hall–Kier alpha value is -0.310. The largest absolute Gasteiger partial charge is 1.00 e. The highest BCUT2D eigenvalue weighted by Gasteiger charge is 2.19. The summed E-state index contributed by atoms with van der Waals surface area (Å²) in [6, 6.07) is 0. The van der Waals surface area contributed by atoms with Gasteiger partial charge in [0, 0.05) is 0 Å². The van der Waals surface area contributed by atoms with Gasteiger partial charge in [0.1, 0.15) is 12.4 Å². The molecule has 2 aliphatic carbocycles. The molecular weight excluding hydrogens is 312 g/mol. The average Bonchev–Trinajstić information content (AvgIpc) is 2.88. The van der Waals surface area contributed by atoms with E-state index in [1.807, 2.05) is 0 Å². The maximum atomic E-state index is 2.43. The van der Waals surface area contributed by atoms with E-state index < -0.39 is 0 Å². The van der Waals surface area contributed by atoms with Gasteiger partial charge >= 0.3 is 0 Å². The fourth-order valence-corrected chi connectivity index (χ4v) is 3.99. The summed E-state index contributed by atoms with van der Waals surface area (Å²) in [6.07, 6.45) is 21.4. The van der Waals surface area contributed by atoms with Crippen LogP contribution in [0.5, 0.6) is 0 Å². The van der Waals surface area contributed by atoms with Crippen molar-refractivity contribution in [2.24, 2.45) is 11.8 Å². The summed E-state index contributed by atoms with van der Waals surface area (Å²) in [7, 11) is 0. The van der Waals surface area contributed by atoms with Gasteiger partial charge in [-0.3, -0.25) is 0 Å². The van der Waals surface area contributed by atoms with Crippen LogP contribution in [0, 0.1) is 11.8 Å². The maximum Gasteiger partial charge on any atom is 0.243 e. The minimum absolute atomic E-state index is 0. The minimum Gasteiger partial charge on any atom is -1.00 e. The molecule has 0 atom stereocenters. The van der Waals surface area contributed by atoms with Gasteiger partial charge in [-0.1, -0.05) is 38.5 Å². The SMILES string of the molecule is [Br-].c1c[n+](CC2CCCCC2)cn1CC1CCCCC1. The summed E-state index contributed by atoms with van der Waals surface area (Å²) in [5, 5.41) is 0. The van der Waals surface area contributed by atoms with E-state index in [2.05, 4.69) is 27.9 Å². The number of hydrogen-bond acceptors (Lipinski definition) is 0. The van der Waals surface area contributed by atoms with Crippen LogP contribution in [0.1, 0.15) is 64.2 Å². The van der Waals surface area contributed by atoms with Gasteiger partial charge in [-0.25, -0.2) is 9.13 Å². The van der Waals surface area contributed by atoms with Gasteiger partial charge in [0.05, 0.1) is 13.1 Å². The summed E-state index contributed by atoms with van der Waals surface area (Å²) in [4.78, 5) is 0. The van der Waals surface area contributed by atoms with Gasteiger partial charge in [-0.15, -0.1) is 0 Å². The second-order valence-electron chi connectivity index (χ2n) is 6.82. The first-order chi connectivity index (χ1) is 9.40. The zero-order valence-electron chi connectivity index (χ0n) is 12.6. The standard InChI is InChI=1S/C17H29N2.BrH/c1-3-7-16(8-4-1)13-18-11-12-19(15-18)14-17-9-5-2-6-10-17;/h11-12,15-17H,1-10,13-14H2;1H/q+1;/p-1. The molecule has 2 aliphatic rings. The van der Waals surface area contributed by atoms with Gasteiger partial charge in [-0.05, 0) is 37.5 Å². The van der Waals surface area contributed by atoms with Crippen molar-refractivity contribution >= 4 is 0 Å². The number of aromatic nitrogens is 2. The van der Waals surface area contributed by atoms with E-state index in [0.717, 1.165) is 11.8 Å². The summed E-state index contributed by atoms with van der Waals surface area (Å²) < 4.78 is 4.86. The molecular formula is C17H29BrN2. The predicted molar refractivity (Wildman–Crippen MR) is 77.8 cm³/mol. The van der Waals surface area contributed by atoms with Gasteiger partial charge in [0.2, 0.25) is 6.33 Å². The molecule has 0 bridgehead atoms. The summed E-state index contributed by atoms with van der Waals surface area (Å²) in [5.41, 5.74) is 0. The molecule has 0 aliphatic heterocycles. The van der Waals surface area contributed by atoms with Crippen molar-refractivity contribution in [3.8, 4) is 0 Å². The Morgan fingerprint density at radius 2 is 1.45 bits per heavy atom. The molecule has 3 heteroatoms. The van der Waals surface area contributed by atoms with Crippen LogP contribution in [0.4, 0.5) is 0 Å². The molecule has 0 unspecified atom stereocenters. The van der Waals surface area contributed by atoms with Crippen molar-refractivity contribution < 1.29 is 21.5 Å². The third-order valence-electron chi connectivity index (χ3n) is 5.13. The van der Waals surface area contributed by atoms with E-state index in [0.29, 0.717) is 0 Å². The topological polar surface area (TPSA) is 8.81 Å². The fourth-order valence-electron chi connectivity index (χ4n) is 3.99. The summed E-state index contributed by atoms with van der Waals surface area (Å²) in [6.45, 7) is 2.50. The van der Waals surface area contributed by atoms with E-state index in [9.17, 15) is 0 Å². The Kier molecular flexibility index (Phi) is 6.60. The number of rotatable bonds is 4.